The van der Waals surface area contributed by atoms with E-state index in [2.05, 4.69) is 12.1 Å². The summed E-state index contributed by atoms with van der Waals surface area (Å²) in [6.45, 7) is 0. The fraction of sp³-hybridized carbons (Fsp3) is 0.583. The molecule has 0 radical (unpaired) electrons. The van der Waals surface area contributed by atoms with Gasteiger partial charge < -0.3 is 0 Å². The van der Waals surface area contributed by atoms with Gasteiger partial charge in [-0.2, -0.15) is 0 Å². The third-order valence-electron chi connectivity index (χ3n) is 8.54. The SMILES string of the molecule is c1cc2c3c4c5c6c7c3c1CC[C@@H]7CC[C@@H]6CC[C@@H]5CC[C@@H]4CC2. The fourth-order valence-corrected chi connectivity index (χ4v) is 7.61. The maximum atomic E-state index is 2.51. The summed E-state index contributed by atoms with van der Waals surface area (Å²) < 4.78 is 0. The average Bonchev–Trinajstić information content (AvgIpc) is 2.65. The average molecular weight is 314 g/mol. The molecule has 0 nitrogen and oxygen atoms in total. The molecule has 0 aromatic heterocycles. The molecule has 5 aliphatic carbocycles. The summed E-state index contributed by atoms with van der Waals surface area (Å²) in [7, 11) is 0. The molecular formula is C24H26. The van der Waals surface area contributed by atoms with Crippen LogP contribution < -0.4 is 0 Å². The van der Waals surface area contributed by atoms with Crippen LogP contribution in [-0.2, 0) is 12.8 Å². The Labute approximate surface area is 144 Å². The quantitative estimate of drug-likeness (QED) is 0.524. The van der Waals surface area contributed by atoms with E-state index >= 15 is 0 Å². The van der Waals surface area contributed by atoms with Crippen molar-refractivity contribution < 1.29 is 0 Å². The maximum absolute atomic E-state index is 2.51. The van der Waals surface area contributed by atoms with E-state index in [9.17, 15) is 0 Å². The molecule has 0 fully saturated rings. The summed E-state index contributed by atoms with van der Waals surface area (Å²) in [5.74, 6) is 3.62. The zero-order valence-electron chi connectivity index (χ0n) is 14.5. The molecule has 0 N–H and O–H groups in total. The predicted molar refractivity (Wildman–Crippen MR) is 99.3 cm³/mol. The molecule has 122 valence electrons. The minimum atomic E-state index is 0.894. The highest BCUT2D eigenvalue weighted by atomic mass is 14.5. The first kappa shape index (κ1) is 13.0. The molecule has 2 aromatic rings. The highest BCUT2D eigenvalue weighted by Gasteiger charge is 2.43. The van der Waals surface area contributed by atoms with Crippen LogP contribution in [0.15, 0.2) is 12.1 Å². The third-order valence-corrected chi connectivity index (χ3v) is 8.54. The van der Waals surface area contributed by atoms with E-state index in [0.717, 1.165) is 23.7 Å². The summed E-state index contributed by atoms with van der Waals surface area (Å²) in [5, 5.41) is 3.57. The lowest BCUT2D eigenvalue weighted by atomic mass is 9.57. The Balaban J connectivity index is 1.75. The van der Waals surface area contributed by atoms with Crippen LogP contribution in [0.1, 0.15) is 108 Å². The minimum Gasteiger partial charge on any atom is -0.0581 e. The first-order valence-electron chi connectivity index (χ1n) is 10.5. The lowest BCUT2D eigenvalue weighted by Crippen LogP contribution is -2.31. The Morgan fingerprint density at radius 1 is 0.458 bits per heavy atom. The van der Waals surface area contributed by atoms with Gasteiger partial charge in [0.05, 0.1) is 0 Å². The van der Waals surface area contributed by atoms with Gasteiger partial charge in [0, 0.05) is 0 Å². The number of hydrogen-bond donors (Lipinski definition) is 0. The van der Waals surface area contributed by atoms with Gasteiger partial charge in [-0.3, -0.25) is 0 Å². The molecule has 2 aromatic carbocycles. The molecule has 0 heterocycles. The van der Waals surface area contributed by atoms with Gasteiger partial charge in [0.1, 0.15) is 0 Å². The second kappa shape index (κ2) is 4.26. The van der Waals surface area contributed by atoms with Crippen LogP contribution in [0.3, 0.4) is 0 Å². The van der Waals surface area contributed by atoms with Gasteiger partial charge in [0.25, 0.3) is 0 Å². The minimum absolute atomic E-state index is 0.894. The summed E-state index contributed by atoms with van der Waals surface area (Å²) in [5.41, 5.74) is 11.0. The van der Waals surface area contributed by atoms with Crippen LogP contribution in [0.4, 0.5) is 0 Å². The molecule has 0 saturated heterocycles. The topological polar surface area (TPSA) is 0 Å². The van der Waals surface area contributed by atoms with Crippen molar-refractivity contribution in [1.29, 1.82) is 0 Å². The van der Waals surface area contributed by atoms with Crippen LogP contribution in [0.25, 0.3) is 10.8 Å². The molecule has 4 atom stereocenters. The summed E-state index contributed by atoms with van der Waals surface area (Å²) in [6.07, 6.45) is 14.4. The van der Waals surface area contributed by atoms with Crippen LogP contribution in [0, 0.1) is 0 Å². The third kappa shape index (κ3) is 1.37. The van der Waals surface area contributed by atoms with E-state index in [1.165, 1.54) is 64.2 Å². The Morgan fingerprint density at radius 2 is 0.833 bits per heavy atom. The smallest absolute Gasteiger partial charge is 0.0108 e. The number of benzene rings is 2. The second-order valence-corrected chi connectivity index (χ2v) is 9.39. The van der Waals surface area contributed by atoms with Gasteiger partial charge in [0.2, 0.25) is 0 Å². The van der Waals surface area contributed by atoms with Crippen molar-refractivity contribution in [2.24, 2.45) is 0 Å². The van der Waals surface area contributed by atoms with Gasteiger partial charge in [-0.1, -0.05) is 12.1 Å². The summed E-state index contributed by atoms with van der Waals surface area (Å²) >= 11 is 0. The molecule has 5 aliphatic rings. The van der Waals surface area contributed by atoms with Crippen LogP contribution >= 0.6 is 0 Å². The lowest BCUT2D eigenvalue weighted by Gasteiger charge is -2.48. The van der Waals surface area contributed by atoms with Crippen molar-refractivity contribution in [2.45, 2.75) is 87.9 Å². The molecule has 0 heteroatoms. The molecule has 0 bridgehead atoms. The van der Waals surface area contributed by atoms with Crippen LogP contribution in [0.2, 0.25) is 0 Å². The number of rotatable bonds is 0. The zero-order chi connectivity index (χ0) is 15.4. The number of hydrogen-bond acceptors (Lipinski definition) is 0. The van der Waals surface area contributed by atoms with Crippen LogP contribution in [-0.4, -0.2) is 0 Å². The Hall–Kier alpha value is -1.30. The van der Waals surface area contributed by atoms with E-state index in [0.29, 0.717) is 0 Å². The first-order chi connectivity index (χ1) is 11.9. The molecule has 24 heavy (non-hydrogen) atoms. The molecule has 0 saturated carbocycles. The molecule has 0 spiro atoms. The summed E-state index contributed by atoms with van der Waals surface area (Å²) in [6, 6.07) is 5.02. The van der Waals surface area contributed by atoms with Gasteiger partial charge in [-0.15, -0.1) is 0 Å². The number of aryl methyl sites for hydroxylation is 2. The second-order valence-electron chi connectivity index (χ2n) is 9.39. The molecule has 7 rings (SSSR count). The van der Waals surface area contributed by atoms with Crippen molar-refractivity contribution in [3.05, 3.63) is 45.5 Å². The van der Waals surface area contributed by atoms with Crippen molar-refractivity contribution >= 4 is 10.8 Å². The monoisotopic (exact) mass is 314 g/mol. The Bertz CT molecular complexity index is 828. The van der Waals surface area contributed by atoms with E-state index in [1.807, 2.05) is 22.3 Å². The fourth-order valence-electron chi connectivity index (χ4n) is 7.61. The van der Waals surface area contributed by atoms with Gasteiger partial charge in [0.15, 0.2) is 0 Å². The highest BCUT2D eigenvalue weighted by Crippen LogP contribution is 2.61. The molecule has 0 amide bonds. The van der Waals surface area contributed by atoms with E-state index in [1.54, 1.807) is 21.9 Å². The van der Waals surface area contributed by atoms with E-state index < -0.39 is 0 Å². The predicted octanol–water partition coefficient (Wildman–Crippen LogP) is 6.45. The zero-order valence-corrected chi connectivity index (χ0v) is 14.5. The van der Waals surface area contributed by atoms with Crippen LogP contribution in [0.5, 0.6) is 0 Å². The van der Waals surface area contributed by atoms with Crippen molar-refractivity contribution in [3.8, 4) is 0 Å². The summed E-state index contributed by atoms with van der Waals surface area (Å²) in [4.78, 5) is 0. The van der Waals surface area contributed by atoms with Crippen molar-refractivity contribution in [3.63, 3.8) is 0 Å². The Morgan fingerprint density at radius 3 is 1.25 bits per heavy atom. The van der Waals surface area contributed by atoms with Gasteiger partial charge in [-0.05, 0) is 132 Å². The van der Waals surface area contributed by atoms with Crippen molar-refractivity contribution in [2.75, 3.05) is 0 Å². The normalized spacial score (nSPS) is 34.7. The highest BCUT2D eigenvalue weighted by molar-refractivity contribution is 5.99. The lowest BCUT2D eigenvalue weighted by molar-refractivity contribution is 0.357. The molecular weight excluding hydrogens is 288 g/mol. The Kier molecular flexibility index (Phi) is 2.31. The largest absolute Gasteiger partial charge is 0.0581 e. The molecule has 0 unspecified atom stereocenters. The first-order valence-corrected chi connectivity index (χ1v) is 10.5. The maximum Gasteiger partial charge on any atom is -0.0108 e. The van der Waals surface area contributed by atoms with E-state index in [-0.39, 0.29) is 0 Å². The van der Waals surface area contributed by atoms with E-state index in [4.69, 9.17) is 0 Å². The van der Waals surface area contributed by atoms with Gasteiger partial charge >= 0.3 is 0 Å². The molecule has 0 aliphatic heterocycles. The van der Waals surface area contributed by atoms with Crippen molar-refractivity contribution in [1.82, 2.24) is 0 Å². The van der Waals surface area contributed by atoms with Gasteiger partial charge in [-0.25, -0.2) is 0 Å². The standard InChI is InChI=1S/C24H26/c1-2-14-5-6-16-9-11-18-12-10-17-8-7-15-4-3-13(1)19-20(14)22(16)24(18)23(17)21(15)19/h1-2,15-18H,3-12H2/t15-,16+,17-,18+.